The Hall–Kier alpha value is -3.21. The van der Waals surface area contributed by atoms with E-state index in [0.717, 1.165) is 29.7 Å². The number of furan rings is 1. The van der Waals surface area contributed by atoms with E-state index in [1.165, 1.54) is 29.0 Å². The maximum Gasteiger partial charge on any atom is 0.310 e. The van der Waals surface area contributed by atoms with Gasteiger partial charge in [-0.3, -0.25) is 4.79 Å². The smallest absolute Gasteiger partial charge is 0.310 e. The van der Waals surface area contributed by atoms with E-state index in [9.17, 15) is 9.18 Å². The van der Waals surface area contributed by atoms with E-state index in [-0.39, 0.29) is 29.4 Å². The number of fused-ring (bicyclic) bond motifs is 3. The predicted molar refractivity (Wildman–Crippen MR) is 98.8 cm³/mol. The molecule has 1 aromatic heterocycles. The van der Waals surface area contributed by atoms with E-state index < -0.39 is 0 Å². The molecule has 4 nitrogen and oxygen atoms in total. The van der Waals surface area contributed by atoms with Gasteiger partial charge in [-0.25, -0.2) is 9.40 Å². The SMILES string of the molecule is O=C(c1ccco1)N1N=C2c3ccccc3CC[C@H]2[C@H]1c1ccc(F)cc1. The van der Waals surface area contributed by atoms with E-state index >= 15 is 0 Å². The summed E-state index contributed by atoms with van der Waals surface area (Å²) >= 11 is 0. The number of halogens is 1. The summed E-state index contributed by atoms with van der Waals surface area (Å²) < 4.78 is 18.8. The van der Waals surface area contributed by atoms with E-state index in [2.05, 4.69) is 12.1 Å². The molecule has 5 heteroatoms. The summed E-state index contributed by atoms with van der Waals surface area (Å²) in [6.45, 7) is 0. The average Bonchev–Trinajstić information content (AvgIpc) is 3.36. The highest BCUT2D eigenvalue weighted by atomic mass is 19.1. The van der Waals surface area contributed by atoms with Crippen LogP contribution in [-0.4, -0.2) is 16.6 Å². The lowest BCUT2D eigenvalue weighted by Crippen LogP contribution is -2.32. The third-order valence-electron chi connectivity index (χ3n) is 5.38. The minimum absolute atomic E-state index is 0.0734. The first-order valence-corrected chi connectivity index (χ1v) is 9.01. The second-order valence-electron chi connectivity index (χ2n) is 6.91. The molecule has 2 aliphatic rings. The first-order valence-electron chi connectivity index (χ1n) is 9.01. The summed E-state index contributed by atoms with van der Waals surface area (Å²) in [7, 11) is 0. The predicted octanol–water partition coefficient (Wildman–Crippen LogP) is 4.58. The number of hydrogen-bond acceptors (Lipinski definition) is 3. The molecule has 0 spiro atoms. The van der Waals surface area contributed by atoms with E-state index in [0.29, 0.717) is 0 Å². The monoisotopic (exact) mass is 360 g/mol. The van der Waals surface area contributed by atoms with Gasteiger partial charge in [0.1, 0.15) is 5.82 Å². The molecule has 134 valence electrons. The van der Waals surface area contributed by atoms with Crippen molar-refractivity contribution in [3.05, 3.63) is 95.2 Å². The summed E-state index contributed by atoms with van der Waals surface area (Å²) in [5.74, 6) is -0.257. The van der Waals surface area contributed by atoms with Gasteiger partial charge in [0.25, 0.3) is 0 Å². The second kappa shape index (κ2) is 6.20. The number of carbonyl (C=O) groups excluding carboxylic acids is 1. The number of nitrogens with zero attached hydrogens (tertiary/aromatic N) is 2. The highest BCUT2D eigenvalue weighted by Gasteiger charge is 2.44. The molecule has 0 saturated heterocycles. The Kier molecular flexibility index (Phi) is 3.67. The third kappa shape index (κ3) is 2.58. The zero-order valence-electron chi connectivity index (χ0n) is 14.5. The van der Waals surface area contributed by atoms with Crippen molar-refractivity contribution in [2.45, 2.75) is 18.9 Å². The summed E-state index contributed by atoms with van der Waals surface area (Å²) in [6, 6.07) is 17.6. The molecule has 2 heterocycles. The highest BCUT2D eigenvalue weighted by molar-refractivity contribution is 6.07. The first kappa shape index (κ1) is 16.0. The van der Waals surface area contributed by atoms with Gasteiger partial charge in [-0.2, -0.15) is 5.10 Å². The van der Waals surface area contributed by atoms with Gasteiger partial charge in [-0.15, -0.1) is 0 Å². The number of aryl methyl sites for hydroxylation is 1. The zero-order valence-corrected chi connectivity index (χ0v) is 14.5. The Balaban J connectivity index is 1.62. The van der Waals surface area contributed by atoms with Crippen molar-refractivity contribution in [1.82, 2.24) is 5.01 Å². The van der Waals surface area contributed by atoms with E-state index in [1.54, 1.807) is 24.3 Å². The Morgan fingerprint density at radius 2 is 1.89 bits per heavy atom. The average molecular weight is 360 g/mol. The van der Waals surface area contributed by atoms with Gasteiger partial charge in [0, 0.05) is 11.5 Å². The number of rotatable bonds is 2. The van der Waals surface area contributed by atoms with Crippen molar-refractivity contribution < 1.29 is 13.6 Å². The molecule has 0 unspecified atom stereocenters. The topological polar surface area (TPSA) is 45.8 Å². The van der Waals surface area contributed by atoms with Gasteiger partial charge in [-0.05, 0) is 48.2 Å². The van der Waals surface area contributed by atoms with Crippen molar-refractivity contribution in [2.75, 3.05) is 0 Å². The molecule has 5 rings (SSSR count). The largest absolute Gasteiger partial charge is 0.459 e. The summed E-state index contributed by atoms with van der Waals surface area (Å²) in [6.07, 6.45) is 3.30. The minimum Gasteiger partial charge on any atom is -0.459 e. The Labute approximate surface area is 155 Å². The Bertz CT molecular complexity index is 1020. The van der Waals surface area contributed by atoms with Gasteiger partial charge in [0.2, 0.25) is 0 Å². The van der Waals surface area contributed by atoms with Gasteiger partial charge in [-0.1, -0.05) is 36.4 Å². The van der Waals surface area contributed by atoms with E-state index in [4.69, 9.17) is 9.52 Å². The van der Waals surface area contributed by atoms with Crippen molar-refractivity contribution in [2.24, 2.45) is 11.0 Å². The van der Waals surface area contributed by atoms with Crippen molar-refractivity contribution in [3.63, 3.8) is 0 Å². The molecule has 2 atom stereocenters. The van der Waals surface area contributed by atoms with Gasteiger partial charge >= 0.3 is 5.91 Å². The summed E-state index contributed by atoms with van der Waals surface area (Å²) in [5, 5.41) is 6.24. The fourth-order valence-electron chi connectivity index (χ4n) is 4.14. The number of hydrazone groups is 1. The molecule has 2 aromatic carbocycles. The Morgan fingerprint density at radius 3 is 2.67 bits per heavy atom. The van der Waals surface area contributed by atoms with Crippen LogP contribution < -0.4 is 0 Å². The van der Waals surface area contributed by atoms with Gasteiger partial charge < -0.3 is 4.42 Å². The van der Waals surface area contributed by atoms with Crippen LogP contribution in [0.15, 0.2) is 76.4 Å². The van der Waals surface area contributed by atoms with Gasteiger partial charge in [0.05, 0.1) is 18.0 Å². The summed E-state index contributed by atoms with van der Waals surface area (Å²) in [5.41, 5.74) is 4.14. The normalized spacial score (nSPS) is 20.8. The quantitative estimate of drug-likeness (QED) is 0.671. The lowest BCUT2D eigenvalue weighted by atomic mass is 9.77. The van der Waals surface area contributed by atoms with Crippen molar-refractivity contribution in [3.8, 4) is 0 Å². The molecule has 0 bridgehead atoms. The fourth-order valence-corrected chi connectivity index (χ4v) is 4.14. The van der Waals surface area contributed by atoms with Crippen LogP contribution in [0.25, 0.3) is 0 Å². The molecule has 1 aliphatic heterocycles. The second-order valence-corrected chi connectivity index (χ2v) is 6.91. The molecule has 0 saturated carbocycles. The standard InChI is InChI=1S/C22H17FN2O2/c23-16-10-7-15(8-11-16)21-18-12-9-14-4-1-2-5-17(14)20(18)24-25(21)22(26)19-6-3-13-27-19/h1-8,10-11,13,18,21H,9,12H2/t18-,21-/m1/s1. The fraction of sp³-hybridized carbons (Fsp3) is 0.182. The molecule has 1 amide bonds. The molecular weight excluding hydrogens is 343 g/mol. The lowest BCUT2D eigenvalue weighted by Gasteiger charge is -2.29. The van der Waals surface area contributed by atoms with Crippen LogP contribution in [0.5, 0.6) is 0 Å². The molecule has 1 aliphatic carbocycles. The maximum absolute atomic E-state index is 13.5. The van der Waals surface area contributed by atoms with Crippen LogP contribution in [0.2, 0.25) is 0 Å². The molecule has 0 radical (unpaired) electrons. The first-order chi connectivity index (χ1) is 13.2. The van der Waals surface area contributed by atoms with Crippen molar-refractivity contribution in [1.29, 1.82) is 0 Å². The number of amides is 1. The zero-order chi connectivity index (χ0) is 18.4. The third-order valence-corrected chi connectivity index (χ3v) is 5.38. The van der Waals surface area contributed by atoms with Crippen LogP contribution in [0.4, 0.5) is 4.39 Å². The molecule has 3 aromatic rings. The minimum atomic E-state index is -0.296. The maximum atomic E-state index is 13.5. The molecular formula is C22H17FN2O2. The molecule has 27 heavy (non-hydrogen) atoms. The van der Waals surface area contributed by atoms with Crippen LogP contribution in [0.3, 0.4) is 0 Å². The lowest BCUT2D eigenvalue weighted by molar-refractivity contribution is 0.0649. The Morgan fingerprint density at radius 1 is 1.07 bits per heavy atom. The van der Waals surface area contributed by atoms with Crippen molar-refractivity contribution >= 4 is 11.6 Å². The van der Waals surface area contributed by atoms with Crippen LogP contribution in [0, 0.1) is 11.7 Å². The number of carbonyl (C=O) groups is 1. The van der Waals surface area contributed by atoms with Crippen LogP contribution in [-0.2, 0) is 6.42 Å². The molecule has 0 fully saturated rings. The van der Waals surface area contributed by atoms with E-state index in [1.807, 2.05) is 12.1 Å². The highest BCUT2D eigenvalue weighted by Crippen LogP contribution is 2.43. The van der Waals surface area contributed by atoms with Crippen LogP contribution in [0.1, 0.15) is 39.7 Å². The van der Waals surface area contributed by atoms with Crippen LogP contribution >= 0.6 is 0 Å². The summed E-state index contributed by atoms with van der Waals surface area (Å²) in [4.78, 5) is 13.1. The number of hydrogen-bond donors (Lipinski definition) is 0. The number of benzene rings is 2. The molecule has 0 N–H and O–H groups in total. The van der Waals surface area contributed by atoms with Gasteiger partial charge in [0.15, 0.2) is 5.76 Å².